The monoisotopic (exact) mass is 369 g/mol. The molecule has 0 aliphatic carbocycles. The predicted octanol–water partition coefficient (Wildman–Crippen LogP) is 1.91. The van der Waals surface area contributed by atoms with Gasteiger partial charge in [0.1, 0.15) is 23.3 Å². The van der Waals surface area contributed by atoms with E-state index in [4.69, 9.17) is 0 Å². The Hall–Kier alpha value is -1.98. The summed E-state index contributed by atoms with van der Waals surface area (Å²) in [5.41, 5.74) is 0. The van der Waals surface area contributed by atoms with Crippen molar-refractivity contribution in [2.24, 2.45) is 0 Å². The summed E-state index contributed by atoms with van der Waals surface area (Å²) in [6.45, 7) is 0. The van der Waals surface area contributed by atoms with Crippen LogP contribution in [0.25, 0.3) is 0 Å². The Labute approximate surface area is 128 Å². The van der Waals surface area contributed by atoms with Crippen LogP contribution in [0.4, 0.5) is 17.6 Å². The maximum Gasteiger partial charge on any atom is 0.254 e. The van der Waals surface area contributed by atoms with Gasteiger partial charge in [-0.1, -0.05) is 0 Å². The van der Waals surface area contributed by atoms with Crippen molar-refractivity contribution in [2.75, 3.05) is 0 Å². The second-order valence-corrected chi connectivity index (χ2v) is 7.92. The zero-order valence-corrected chi connectivity index (χ0v) is 12.6. The molecule has 0 amide bonds. The normalized spacial score (nSPS) is 12.3. The highest BCUT2D eigenvalue weighted by Gasteiger charge is 2.26. The molecule has 0 heterocycles. The van der Waals surface area contributed by atoms with Crippen LogP contribution in [0.2, 0.25) is 0 Å². The number of nitrogens with one attached hydrogen (secondary N) is 1. The number of benzene rings is 2. The summed E-state index contributed by atoms with van der Waals surface area (Å²) in [6.07, 6.45) is 0. The summed E-state index contributed by atoms with van der Waals surface area (Å²) in [5, 5.41) is 0. The van der Waals surface area contributed by atoms with Crippen LogP contribution < -0.4 is 4.13 Å². The first-order valence-corrected chi connectivity index (χ1v) is 8.67. The smallest absolute Gasteiger partial charge is 0.207 e. The fourth-order valence-corrected chi connectivity index (χ4v) is 4.60. The Morgan fingerprint density at radius 2 is 0.826 bits per heavy atom. The van der Waals surface area contributed by atoms with Crippen LogP contribution in [-0.4, -0.2) is 16.8 Å². The van der Waals surface area contributed by atoms with Gasteiger partial charge in [-0.15, -0.1) is 4.13 Å². The predicted molar refractivity (Wildman–Crippen MR) is 70.2 cm³/mol. The lowest BCUT2D eigenvalue weighted by Gasteiger charge is -2.08. The van der Waals surface area contributed by atoms with Crippen molar-refractivity contribution in [3.05, 3.63) is 59.7 Å². The molecule has 0 unspecified atom stereocenters. The number of hydrogen-bond donors (Lipinski definition) is 1. The molecular formula is C12H7F4NO4S2. The quantitative estimate of drug-likeness (QED) is 0.835. The molecule has 2 rings (SSSR count). The van der Waals surface area contributed by atoms with E-state index in [2.05, 4.69) is 0 Å². The number of sulfonamides is 2. The van der Waals surface area contributed by atoms with Crippen molar-refractivity contribution in [3.8, 4) is 0 Å². The topological polar surface area (TPSA) is 80.3 Å². The first-order chi connectivity index (χ1) is 10.5. The summed E-state index contributed by atoms with van der Waals surface area (Å²) in [6, 6.07) is 2.30. The van der Waals surface area contributed by atoms with Gasteiger partial charge in [-0.3, -0.25) is 0 Å². The Bertz CT molecular complexity index is 855. The summed E-state index contributed by atoms with van der Waals surface area (Å²) < 4.78 is 101. The molecule has 0 saturated heterocycles. The molecule has 11 heteroatoms. The maximum absolute atomic E-state index is 13.0. The highest BCUT2D eigenvalue weighted by atomic mass is 32.3. The summed E-state index contributed by atoms with van der Waals surface area (Å²) in [5.74, 6) is -5.00. The Kier molecular flexibility index (Phi) is 4.46. The van der Waals surface area contributed by atoms with Crippen LogP contribution in [0, 0.1) is 23.3 Å². The first-order valence-electron chi connectivity index (χ1n) is 5.70. The van der Waals surface area contributed by atoms with E-state index in [1.165, 1.54) is 0 Å². The first kappa shape index (κ1) is 17.4. The van der Waals surface area contributed by atoms with Crippen molar-refractivity contribution in [1.29, 1.82) is 0 Å². The van der Waals surface area contributed by atoms with E-state index in [1.807, 2.05) is 0 Å². The molecule has 2 aromatic rings. The molecule has 0 aliphatic rings. The largest absolute Gasteiger partial charge is 0.254 e. The van der Waals surface area contributed by atoms with Gasteiger partial charge in [-0.2, -0.15) is 0 Å². The molecule has 2 aromatic carbocycles. The van der Waals surface area contributed by atoms with E-state index in [9.17, 15) is 34.4 Å². The zero-order valence-electron chi connectivity index (χ0n) is 10.9. The van der Waals surface area contributed by atoms with E-state index in [0.29, 0.717) is 36.4 Å². The van der Waals surface area contributed by atoms with Crippen molar-refractivity contribution >= 4 is 20.0 Å². The molecule has 0 fully saturated rings. The molecular weight excluding hydrogens is 362 g/mol. The van der Waals surface area contributed by atoms with Crippen LogP contribution in [0.15, 0.2) is 46.2 Å². The minimum absolute atomic E-state index is 0.382. The fraction of sp³-hybridized carbons (Fsp3) is 0. The maximum atomic E-state index is 13.0. The SMILES string of the molecule is O=S(=O)(NS(=O)(=O)c1cc(F)cc(F)c1)c1cc(F)cc(F)c1. The lowest BCUT2D eigenvalue weighted by Crippen LogP contribution is -2.31. The van der Waals surface area contributed by atoms with Crippen LogP contribution >= 0.6 is 0 Å². The molecule has 0 spiro atoms. The van der Waals surface area contributed by atoms with Gasteiger partial charge in [0, 0.05) is 12.1 Å². The Morgan fingerprint density at radius 3 is 1.09 bits per heavy atom. The molecule has 124 valence electrons. The van der Waals surface area contributed by atoms with Crippen LogP contribution in [-0.2, 0) is 20.0 Å². The highest BCUT2D eigenvalue weighted by Crippen LogP contribution is 2.18. The number of hydrogen-bond acceptors (Lipinski definition) is 4. The molecule has 0 aromatic heterocycles. The molecule has 5 nitrogen and oxygen atoms in total. The van der Waals surface area contributed by atoms with E-state index in [0.717, 1.165) is 4.13 Å². The fourth-order valence-electron chi connectivity index (χ4n) is 1.61. The molecule has 0 radical (unpaired) electrons. The minimum atomic E-state index is -4.90. The average molecular weight is 369 g/mol. The van der Waals surface area contributed by atoms with Crippen molar-refractivity contribution in [3.63, 3.8) is 0 Å². The standard InChI is InChI=1S/C12H7F4NO4S2/c13-7-1-8(14)4-11(3-7)22(18,19)17-23(20,21)12-5-9(15)2-10(16)6-12/h1-6,17H. The Morgan fingerprint density at radius 1 is 0.565 bits per heavy atom. The second-order valence-electron chi connectivity index (χ2n) is 4.30. The second kappa shape index (κ2) is 5.91. The summed E-state index contributed by atoms with van der Waals surface area (Å²) >= 11 is 0. The highest BCUT2D eigenvalue weighted by molar-refractivity contribution is 8.04. The third kappa shape index (κ3) is 4.06. The average Bonchev–Trinajstić information content (AvgIpc) is 2.35. The number of halogens is 4. The van der Waals surface area contributed by atoms with Gasteiger partial charge in [-0.25, -0.2) is 34.4 Å². The summed E-state index contributed by atoms with van der Waals surface area (Å²) in [7, 11) is -9.80. The van der Waals surface area contributed by atoms with E-state index in [1.54, 1.807) is 0 Å². The molecule has 0 saturated carbocycles. The third-order valence-corrected chi connectivity index (χ3v) is 5.98. The zero-order chi connectivity index (χ0) is 17.4. The minimum Gasteiger partial charge on any atom is -0.207 e. The molecule has 0 aliphatic heterocycles. The Balaban J connectivity index is 2.46. The van der Waals surface area contributed by atoms with Crippen molar-refractivity contribution in [2.45, 2.75) is 9.79 Å². The van der Waals surface area contributed by atoms with Crippen molar-refractivity contribution in [1.82, 2.24) is 4.13 Å². The van der Waals surface area contributed by atoms with Crippen molar-refractivity contribution < 1.29 is 34.4 Å². The number of rotatable bonds is 4. The van der Waals surface area contributed by atoms with Crippen LogP contribution in [0.1, 0.15) is 0 Å². The van der Waals surface area contributed by atoms with Gasteiger partial charge in [0.05, 0.1) is 9.79 Å². The van der Waals surface area contributed by atoms with E-state index < -0.39 is 53.1 Å². The van der Waals surface area contributed by atoms with E-state index in [-0.39, 0.29) is 0 Å². The molecule has 1 N–H and O–H groups in total. The van der Waals surface area contributed by atoms with Gasteiger partial charge >= 0.3 is 0 Å². The van der Waals surface area contributed by atoms with Crippen LogP contribution in [0.3, 0.4) is 0 Å². The molecule has 0 bridgehead atoms. The lowest BCUT2D eigenvalue weighted by atomic mass is 10.3. The third-order valence-electron chi connectivity index (χ3n) is 2.51. The lowest BCUT2D eigenvalue weighted by molar-refractivity contribution is 0.557. The molecule has 23 heavy (non-hydrogen) atoms. The van der Waals surface area contributed by atoms with Gasteiger partial charge < -0.3 is 0 Å². The van der Waals surface area contributed by atoms with Gasteiger partial charge in [0.2, 0.25) is 0 Å². The summed E-state index contributed by atoms with van der Waals surface area (Å²) in [4.78, 5) is -2.01. The van der Waals surface area contributed by atoms with Gasteiger partial charge in [0.25, 0.3) is 20.0 Å². The van der Waals surface area contributed by atoms with Gasteiger partial charge in [-0.05, 0) is 24.3 Å². The van der Waals surface area contributed by atoms with Crippen LogP contribution in [0.5, 0.6) is 0 Å². The molecule has 0 atom stereocenters. The van der Waals surface area contributed by atoms with Gasteiger partial charge in [0.15, 0.2) is 0 Å². The van der Waals surface area contributed by atoms with E-state index >= 15 is 0 Å².